The number of para-hydroxylation sites is 1. The van der Waals surface area contributed by atoms with Gasteiger partial charge in [-0.15, -0.1) is 11.8 Å². The number of thioether (sulfide) groups is 1. The Bertz CT molecular complexity index is 571. The number of carbonyl (C=O) groups is 1. The van der Waals surface area contributed by atoms with E-state index in [1.54, 1.807) is 11.9 Å². The van der Waals surface area contributed by atoms with Crippen LogP contribution in [0.3, 0.4) is 0 Å². The van der Waals surface area contributed by atoms with E-state index in [9.17, 15) is 4.79 Å². The third-order valence-corrected chi connectivity index (χ3v) is 4.30. The highest BCUT2D eigenvalue weighted by molar-refractivity contribution is 8.00. The standard InChI is InChI=1S/C16H16ClNOS/c1-12(20-15-10-8-13(17)9-11-15)16(19)18(2)14-6-4-3-5-7-14/h3-12H,1-2H3/t12-/m1/s1. The molecule has 0 fully saturated rings. The second kappa shape index (κ2) is 6.82. The molecule has 0 saturated heterocycles. The van der Waals surface area contributed by atoms with Gasteiger partial charge in [-0.3, -0.25) is 4.79 Å². The summed E-state index contributed by atoms with van der Waals surface area (Å²) in [6.07, 6.45) is 0. The van der Waals surface area contributed by atoms with Crippen LogP contribution in [0.4, 0.5) is 5.69 Å². The maximum absolute atomic E-state index is 12.4. The Balaban J connectivity index is 2.03. The van der Waals surface area contributed by atoms with E-state index in [2.05, 4.69) is 0 Å². The minimum Gasteiger partial charge on any atom is -0.315 e. The van der Waals surface area contributed by atoms with Gasteiger partial charge in [0.25, 0.3) is 0 Å². The number of benzene rings is 2. The fourth-order valence-corrected chi connectivity index (χ4v) is 2.91. The zero-order valence-corrected chi connectivity index (χ0v) is 13.0. The predicted molar refractivity (Wildman–Crippen MR) is 86.6 cm³/mol. The van der Waals surface area contributed by atoms with E-state index in [4.69, 9.17) is 11.6 Å². The summed E-state index contributed by atoms with van der Waals surface area (Å²) in [6, 6.07) is 17.2. The van der Waals surface area contributed by atoms with Crippen LogP contribution in [-0.4, -0.2) is 18.2 Å². The van der Waals surface area contributed by atoms with Gasteiger partial charge in [0.15, 0.2) is 0 Å². The maximum atomic E-state index is 12.4. The quantitative estimate of drug-likeness (QED) is 0.776. The van der Waals surface area contributed by atoms with Crippen LogP contribution in [0, 0.1) is 0 Å². The van der Waals surface area contributed by atoms with Crippen molar-refractivity contribution in [1.82, 2.24) is 0 Å². The molecule has 0 bridgehead atoms. The van der Waals surface area contributed by atoms with Gasteiger partial charge in [0.2, 0.25) is 5.91 Å². The minimum absolute atomic E-state index is 0.0798. The maximum Gasteiger partial charge on any atom is 0.239 e. The molecule has 0 saturated carbocycles. The van der Waals surface area contributed by atoms with E-state index >= 15 is 0 Å². The zero-order valence-electron chi connectivity index (χ0n) is 11.4. The third-order valence-electron chi connectivity index (χ3n) is 2.95. The first kappa shape index (κ1) is 14.9. The number of amides is 1. The first-order valence-corrected chi connectivity index (χ1v) is 7.58. The van der Waals surface area contributed by atoms with Crippen molar-refractivity contribution in [3.05, 3.63) is 59.6 Å². The van der Waals surface area contributed by atoms with E-state index in [1.807, 2.05) is 61.5 Å². The zero-order chi connectivity index (χ0) is 14.5. The molecule has 0 aliphatic heterocycles. The molecule has 0 N–H and O–H groups in total. The SMILES string of the molecule is C[C@@H](Sc1ccc(Cl)cc1)C(=O)N(C)c1ccccc1. The molecule has 0 heterocycles. The summed E-state index contributed by atoms with van der Waals surface area (Å²) in [7, 11) is 1.80. The highest BCUT2D eigenvalue weighted by Gasteiger charge is 2.19. The smallest absolute Gasteiger partial charge is 0.239 e. The van der Waals surface area contributed by atoms with Crippen molar-refractivity contribution in [2.45, 2.75) is 17.1 Å². The summed E-state index contributed by atoms with van der Waals surface area (Å²) in [4.78, 5) is 15.1. The van der Waals surface area contributed by atoms with Crippen LogP contribution in [0.2, 0.25) is 5.02 Å². The van der Waals surface area contributed by atoms with Crippen LogP contribution < -0.4 is 4.90 Å². The fourth-order valence-electron chi connectivity index (χ4n) is 1.82. The Morgan fingerprint density at radius 2 is 1.70 bits per heavy atom. The van der Waals surface area contributed by atoms with Crippen molar-refractivity contribution < 1.29 is 4.79 Å². The topological polar surface area (TPSA) is 20.3 Å². The number of halogens is 1. The monoisotopic (exact) mass is 305 g/mol. The average molecular weight is 306 g/mol. The van der Waals surface area contributed by atoms with Gasteiger partial charge in [0, 0.05) is 22.7 Å². The van der Waals surface area contributed by atoms with Crippen molar-refractivity contribution in [3.8, 4) is 0 Å². The molecule has 2 rings (SSSR count). The molecule has 0 aromatic heterocycles. The summed E-state index contributed by atoms with van der Waals surface area (Å²) in [6.45, 7) is 1.92. The molecule has 2 nitrogen and oxygen atoms in total. The number of anilines is 1. The van der Waals surface area contributed by atoms with Gasteiger partial charge < -0.3 is 4.90 Å². The Kier molecular flexibility index (Phi) is 5.10. The van der Waals surface area contributed by atoms with Crippen molar-refractivity contribution in [2.75, 3.05) is 11.9 Å². The molecule has 0 unspecified atom stereocenters. The number of hydrogen-bond donors (Lipinski definition) is 0. The van der Waals surface area contributed by atoms with Crippen molar-refractivity contribution in [2.24, 2.45) is 0 Å². The largest absolute Gasteiger partial charge is 0.315 e. The average Bonchev–Trinajstić information content (AvgIpc) is 2.49. The molecule has 1 atom stereocenters. The molecule has 2 aromatic rings. The van der Waals surface area contributed by atoms with E-state index in [0.717, 1.165) is 10.6 Å². The number of carbonyl (C=O) groups excluding carboxylic acids is 1. The number of nitrogens with zero attached hydrogens (tertiary/aromatic N) is 1. The third kappa shape index (κ3) is 3.78. The highest BCUT2D eigenvalue weighted by Crippen LogP contribution is 2.26. The Hall–Kier alpha value is -1.45. The molecular weight excluding hydrogens is 290 g/mol. The van der Waals surface area contributed by atoms with Gasteiger partial charge in [-0.2, -0.15) is 0 Å². The van der Waals surface area contributed by atoms with Crippen molar-refractivity contribution in [3.63, 3.8) is 0 Å². The second-order valence-electron chi connectivity index (χ2n) is 4.45. The lowest BCUT2D eigenvalue weighted by molar-refractivity contribution is -0.117. The summed E-state index contributed by atoms with van der Waals surface area (Å²) in [5, 5.41) is 0.552. The lowest BCUT2D eigenvalue weighted by Gasteiger charge is -2.21. The van der Waals surface area contributed by atoms with Crippen LogP contribution in [0.25, 0.3) is 0 Å². The van der Waals surface area contributed by atoms with E-state index in [1.165, 1.54) is 11.8 Å². The molecular formula is C16H16ClNOS. The first-order chi connectivity index (χ1) is 9.58. The Morgan fingerprint density at radius 3 is 2.30 bits per heavy atom. The lowest BCUT2D eigenvalue weighted by atomic mass is 10.3. The van der Waals surface area contributed by atoms with E-state index in [-0.39, 0.29) is 11.2 Å². The van der Waals surface area contributed by atoms with Crippen LogP contribution in [0.5, 0.6) is 0 Å². The number of hydrogen-bond acceptors (Lipinski definition) is 2. The normalized spacial score (nSPS) is 11.9. The molecule has 104 valence electrons. The summed E-state index contributed by atoms with van der Waals surface area (Å²) >= 11 is 7.39. The molecule has 2 aromatic carbocycles. The second-order valence-corrected chi connectivity index (χ2v) is 6.30. The van der Waals surface area contributed by atoms with Crippen LogP contribution in [-0.2, 0) is 4.79 Å². The van der Waals surface area contributed by atoms with Gasteiger partial charge in [-0.05, 0) is 43.3 Å². The molecule has 0 aliphatic rings. The predicted octanol–water partition coefficient (Wildman–Crippen LogP) is 4.48. The Labute approximate surface area is 128 Å². The van der Waals surface area contributed by atoms with Gasteiger partial charge in [0.1, 0.15) is 0 Å². The van der Waals surface area contributed by atoms with Gasteiger partial charge in [0.05, 0.1) is 5.25 Å². The molecule has 20 heavy (non-hydrogen) atoms. The molecule has 0 aliphatic carbocycles. The highest BCUT2D eigenvalue weighted by atomic mass is 35.5. The number of rotatable bonds is 4. The first-order valence-electron chi connectivity index (χ1n) is 6.33. The van der Waals surface area contributed by atoms with Crippen molar-refractivity contribution in [1.29, 1.82) is 0 Å². The molecule has 1 amide bonds. The molecule has 0 spiro atoms. The summed E-state index contributed by atoms with van der Waals surface area (Å²) in [5.74, 6) is 0.0798. The summed E-state index contributed by atoms with van der Waals surface area (Å²) < 4.78 is 0. The van der Waals surface area contributed by atoms with Crippen molar-refractivity contribution >= 4 is 35.0 Å². The lowest BCUT2D eigenvalue weighted by Crippen LogP contribution is -2.33. The molecule has 0 radical (unpaired) electrons. The minimum atomic E-state index is -0.151. The van der Waals surface area contributed by atoms with Crippen LogP contribution >= 0.6 is 23.4 Å². The van der Waals surface area contributed by atoms with Gasteiger partial charge >= 0.3 is 0 Å². The molecule has 4 heteroatoms. The Morgan fingerprint density at radius 1 is 1.10 bits per heavy atom. The van der Waals surface area contributed by atoms with E-state index in [0.29, 0.717) is 5.02 Å². The van der Waals surface area contributed by atoms with Gasteiger partial charge in [-0.1, -0.05) is 29.8 Å². The van der Waals surface area contributed by atoms with Gasteiger partial charge in [-0.25, -0.2) is 0 Å². The van der Waals surface area contributed by atoms with E-state index < -0.39 is 0 Å². The fraction of sp³-hybridized carbons (Fsp3) is 0.188. The van der Waals surface area contributed by atoms with Crippen LogP contribution in [0.15, 0.2) is 59.5 Å². The van der Waals surface area contributed by atoms with Crippen LogP contribution in [0.1, 0.15) is 6.92 Å². The summed E-state index contributed by atoms with van der Waals surface area (Å²) in [5.41, 5.74) is 0.904.